The lowest BCUT2D eigenvalue weighted by Crippen LogP contribution is -2.37. The molecule has 0 saturated carbocycles. The van der Waals surface area contributed by atoms with Gasteiger partial charge in [0.25, 0.3) is 0 Å². The molecule has 7 heteroatoms. The van der Waals surface area contributed by atoms with Crippen molar-refractivity contribution in [2.45, 2.75) is 0 Å². The number of rotatable bonds is 3. The zero-order valence-corrected chi connectivity index (χ0v) is 15.1. The largest absolute Gasteiger partial charge is 0.511 e. The van der Waals surface area contributed by atoms with Crippen LogP contribution in [-0.4, -0.2) is 42.5 Å². The number of carboxylic acid groups (broad SMARTS) is 1. The quantitative estimate of drug-likeness (QED) is 0.673. The Morgan fingerprint density at radius 3 is 2.59 bits per heavy atom. The van der Waals surface area contributed by atoms with E-state index in [1.165, 1.54) is 0 Å². The summed E-state index contributed by atoms with van der Waals surface area (Å²) in [5.74, 6) is 0.708. The van der Waals surface area contributed by atoms with Gasteiger partial charge in [0.05, 0.1) is 18.7 Å². The average molecular weight is 385 g/mol. The molecule has 0 amide bonds. The van der Waals surface area contributed by atoms with Crippen molar-refractivity contribution in [3.63, 3.8) is 0 Å². The van der Waals surface area contributed by atoms with Crippen LogP contribution >= 0.6 is 11.6 Å². The lowest BCUT2D eigenvalue weighted by atomic mass is 9.99. The van der Waals surface area contributed by atoms with Gasteiger partial charge in [-0.1, -0.05) is 41.9 Å². The highest BCUT2D eigenvalue weighted by Crippen LogP contribution is 2.43. The Bertz CT molecular complexity index is 988. The van der Waals surface area contributed by atoms with Crippen LogP contribution in [0, 0.1) is 0 Å². The summed E-state index contributed by atoms with van der Waals surface area (Å²) in [5.41, 5.74) is 2.21. The first-order valence-corrected chi connectivity index (χ1v) is 8.93. The molecule has 0 radical (unpaired) electrons. The Hall–Kier alpha value is -2.83. The maximum absolute atomic E-state index is 11.5. The van der Waals surface area contributed by atoms with E-state index in [9.17, 15) is 9.90 Å². The highest BCUT2D eigenvalue weighted by molar-refractivity contribution is 6.31. The minimum absolute atomic E-state index is 0.213. The number of pyridine rings is 1. The van der Waals surface area contributed by atoms with Crippen LogP contribution in [0.1, 0.15) is 0 Å². The zero-order chi connectivity index (χ0) is 18.8. The summed E-state index contributed by atoms with van der Waals surface area (Å²) in [4.78, 5) is 18.2. The van der Waals surface area contributed by atoms with E-state index < -0.39 is 6.16 Å². The van der Waals surface area contributed by atoms with Crippen LogP contribution in [0.15, 0.2) is 48.5 Å². The van der Waals surface area contributed by atoms with E-state index in [0.717, 1.165) is 16.5 Å². The molecule has 0 unspecified atom stereocenters. The Morgan fingerprint density at radius 1 is 1.15 bits per heavy atom. The van der Waals surface area contributed by atoms with Gasteiger partial charge in [-0.05, 0) is 23.8 Å². The highest BCUT2D eigenvalue weighted by Gasteiger charge is 2.25. The van der Waals surface area contributed by atoms with Crippen LogP contribution in [0.3, 0.4) is 0 Å². The number of aromatic nitrogens is 1. The van der Waals surface area contributed by atoms with E-state index in [1.54, 1.807) is 12.1 Å². The van der Waals surface area contributed by atoms with Gasteiger partial charge in [0.1, 0.15) is 0 Å². The Labute approximate surface area is 160 Å². The van der Waals surface area contributed by atoms with Crippen molar-refractivity contribution in [3.8, 4) is 16.9 Å². The van der Waals surface area contributed by atoms with Gasteiger partial charge in [-0.3, -0.25) is 0 Å². The third-order valence-electron chi connectivity index (χ3n) is 4.45. The Balaban J connectivity index is 2.04. The van der Waals surface area contributed by atoms with Crippen molar-refractivity contribution < 1.29 is 19.4 Å². The molecule has 1 fully saturated rings. The summed E-state index contributed by atoms with van der Waals surface area (Å²) in [5, 5.41) is 10.6. The second-order valence-corrected chi connectivity index (χ2v) is 6.57. The zero-order valence-electron chi connectivity index (χ0n) is 14.4. The van der Waals surface area contributed by atoms with Gasteiger partial charge < -0.3 is 19.5 Å². The molecule has 0 aliphatic carbocycles. The van der Waals surface area contributed by atoms with E-state index >= 15 is 0 Å². The minimum Gasteiger partial charge on any atom is -0.449 e. The number of ether oxygens (including phenoxy) is 2. The maximum Gasteiger partial charge on any atom is 0.511 e. The van der Waals surface area contributed by atoms with E-state index in [0.29, 0.717) is 42.7 Å². The molecule has 1 aliphatic heterocycles. The minimum atomic E-state index is -1.38. The first-order valence-electron chi connectivity index (χ1n) is 8.55. The van der Waals surface area contributed by atoms with E-state index in [1.807, 2.05) is 41.3 Å². The first kappa shape index (κ1) is 17.6. The standard InChI is InChI=1S/C20H17ClN2O4/c21-14-6-7-16-15(12-14)17(13-4-2-1-3-5-13)18(27-20(24)25)19(22-16)23-8-10-26-11-9-23/h1-7,12H,8-11H2,(H,24,25). The topological polar surface area (TPSA) is 71.9 Å². The average Bonchev–Trinajstić information content (AvgIpc) is 2.68. The van der Waals surface area contributed by atoms with Gasteiger partial charge in [0.2, 0.25) is 0 Å². The number of hydrogen-bond donors (Lipinski definition) is 1. The number of fused-ring (bicyclic) bond motifs is 1. The lowest BCUT2D eigenvalue weighted by molar-refractivity contribution is 0.121. The summed E-state index contributed by atoms with van der Waals surface area (Å²) in [6.07, 6.45) is -1.38. The monoisotopic (exact) mass is 384 g/mol. The molecule has 2 aromatic carbocycles. The van der Waals surface area contributed by atoms with Gasteiger partial charge in [0, 0.05) is 29.1 Å². The number of hydrogen-bond acceptors (Lipinski definition) is 5. The van der Waals surface area contributed by atoms with Gasteiger partial charge in [-0.15, -0.1) is 0 Å². The smallest absolute Gasteiger partial charge is 0.449 e. The van der Waals surface area contributed by atoms with E-state index in [-0.39, 0.29) is 5.75 Å². The molecule has 1 aromatic heterocycles. The predicted molar refractivity (Wildman–Crippen MR) is 104 cm³/mol. The van der Waals surface area contributed by atoms with Crippen molar-refractivity contribution in [1.29, 1.82) is 0 Å². The van der Waals surface area contributed by atoms with Gasteiger partial charge in [0.15, 0.2) is 11.6 Å². The number of nitrogens with zero attached hydrogens (tertiary/aromatic N) is 2. The molecule has 1 aliphatic rings. The Morgan fingerprint density at radius 2 is 1.89 bits per heavy atom. The molecule has 3 aromatic rings. The number of anilines is 1. The summed E-state index contributed by atoms with van der Waals surface area (Å²) >= 11 is 6.21. The van der Waals surface area contributed by atoms with Crippen molar-refractivity contribution in [2.75, 3.05) is 31.2 Å². The maximum atomic E-state index is 11.5. The van der Waals surface area contributed by atoms with Crippen LogP contribution in [0.5, 0.6) is 5.75 Å². The third-order valence-corrected chi connectivity index (χ3v) is 4.68. The number of benzene rings is 2. The highest BCUT2D eigenvalue weighted by atomic mass is 35.5. The molecule has 4 rings (SSSR count). The summed E-state index contributed by atoms with van der Waals surface area (Å²) in [6.45, 7) is 2.31. The van der Waals surface area contributed by atoms with Gasteiger partial charge >= 0.3 is 6.16 Å². The van der Waals surface area contributed by atoms with Crippen LogP contribution in [0.4, 0.5) is 10.6 Å². The molecule has 2 heterocycles. The van der Waals surface area contributed by atoms with Crippen LogP contribution in [0.2, 0.25) is 5.02 Å². The van der Waals surface area contributed by atoms with Crippen LogP contribution in [-0.2, 0) is 4.74 Å². The summed E-state index contributed by atoms with van der Waals surface area (Å²) < 4.78 is 10.7. The van der Waals surface area contributed by atoms with E-state index in [4.69, 9.17) is 26.1 Å². The molecule has 27 heavy (non-hydrogen) atoms. The first-order chi connectivity index (χ1) is 13.1. The molecule has 138 valence electrons. The van der Waals surface area contributed by atoms with Crippen molar-refractivity contribution in [1.82, 2.24) is 4.98 Å². The second-order valence-electron chi connectivity index (χ2n) is 6.13. The predicted octanol–water partition coefficient (Wildman–Crippen LogP) is 4.45. The second kappa shape index (κ2) is 7.42. The third kappa shape index (κ3) is 3.54. The van der Waals surface area contributed by atoms with Crippen molar-refractivity contribution in [2.24, 2.45) is 0 Å². The number of morpholine rings is 1. The fraction of sp³-hybridized carbons (Fsp3) is 0.200. The molecular formula is C20H17ClN2O4. The molecule has 0 spiro atoms. The molecular weight excluding hydrogens is 368 g/mol. The normalized spacial score (nSPS) is 14.3. The molecule has 1 saturated heterocycles. The van der Waals surface area contributed by atoms with Gasteiger partial charge in [-0.25, -0.2) is 9.78 Å². The van der Waals surface area contributed by atoms with Crippen molar-refractivity contribution >= 4 is 34.5 Å². The van der Waals surface area contributed by atoms with Gasteiger partial charge in [-0.2, -0.15) is 0 Å². The van der Waals surface area contributed by atoms with Crippen LogP contribution in [0.25, 0.3) is 22.0 Å². The molecule has 6 nitrogen and oxygen atoms in total. The fourth-order valence-electron chi connectivity index (χ4n) is 3.27. The summed E-state index contributed by atoms with van der Waals surface area (Å²) in [6, 6.07) is 14.9. The molecule has 0 bridgehead atoms. The number of carbonyl (C=O) groups is 1. The number of halogens is 1. The van der Waals surface area contributed by atoms with E-state index in [2.05, 4.69) is 0 Å². The lowest BCUT2D eigenvalue weighted by Gasteiger charge is -2.30. The SMILES string of the molecule is O=C(O)Oc1c(N2CCOCC2)nc2ccc(Cl)cc2c1-c1ccccc1. The molecule has 0 atom stereocenters. The fourth-order valence-corrected chi connectivity index (χ4v) is 3.44. The van der Waals surface area contributed by atoms with Crippen LogP contribution < -0.4 is 9.64 Å². The molecule has 1 N–H and O–H groups in total. The summed E-state index contributed by atoms with van der Waals surface area (Å²) in [7, 11) is 0. The Kier molecular flexibility index (Phi) is 4.83. The van der Waals surface area contributed by atoms with Crippen molar-refractivity contribution in [3.05, 3.63) is 53.6 Å².